The monoisotopic (exact) mass is 297 g/mol. The Morgan fingerprint density at radius 1 is 1.24 bits per heavy atom. The molecule has 0 aliphatic carbocycles. The van der Waals surface area contributed by atoms with E-state index >= 15 is 0 Å². The zero-order valence-electron chi connectivity index (χ0n) is 13.1. The maximum absolute atomic E-state index is 12.6. The van der Waals surface area contributed by atoms with Crippen LogP contribution in [-0.4, -0.2) is 66.7 Å². The average molecular weight is 297 g/mol. The molecular formula is C15H27N3O3. The molecule has 0 saturated carbocycles. The van der Waals surface area contributed by atoms with Gasteiger partial charge in [-0.15, -0.1) is 0 Å². The van der Waals surface area contributed by atoms with Crippen LogP contribution in [0.3, 0.4) is 0 Å². The van der Waals surface area contributed by atoms with Crippen LogP contribution in [0.25, 0.3) is 0 Å². The molecule has 2 heterocycles. The van der Waals surface area contributed by atoms with E-state index in [1.54, 1.807) is 6.92 Å². The summed E-state index contributed by atoms with van der Waals surface area (Å²) in [5, 5.41) is 12.4. The molecule has 2 saturated heterocycles. The summed E-state index contributed by atoms with van der Waals surface area (Å²) >= 11 is 0. The average Bonchev–Trinajstić information content (AvgIpc) is 2.48. The zero-order valence-corrected chi connectivity index (χ0v) is 13.1. The fourth-order valence-corrected chi connectivity index (χ4v) is 3.30. The molecule has 0 spiro atoms. The van der Waals surface area contributed by atoms with Crippen LogP contribution in [-0.2, 0) is 4.79 Å². The van der Waals surface area contributed by atoms with Crippen molar-refractivity contribution in [3.05, 3.63) is 0 Å². The van der Waals surface area contributed by atoms with E-state index in [0.717, 1.165) is 26.1 Å². The van der Waals surface area contributed by atoms with Gasteiger partial charge in [-0.1, -0.05) is 0 Å². The van der Waals surface area contributed by atoms with Crippen molar-refractivity contribution in [2.24, 2.45) is 11.3 Å². The second kappa shape index (κ2) is 6.64. The van der Waals surface area contributed by atoms with E-state index in [0.29, 0.717) is 31.8 Å². The third-order valence-corrected chi connectivity index (χ3v) is 4.94. The molecule has 6 nitrogen and oxygen atoms in total. The fourth-order valence-electron chi connectivity index (χ4n) is 3.30. The number of rotatable bonds is 3. The summed E-state index contributed by atoms with van der Waals surface area (Å²) in [4.78, 5) is 27.6. The van der Waals surface area contributed by atoms with Crippen molar-refractivity contribution in [1.29, 1.82) is 0 Å². The lowest BCUT2D eigenvalue weighted by Crippen LogP contribution is -2.52. The Morgan fingerprint density at radius 3 is 2.48 bits per heavy atom. The predicted molar refractivity (Wildman–Crippen MR) is 80.2 cm³/mol. The molecule has 0 aromatic heterocycles. The first-order valence-electron chi connectivity index (χ1n) is 7.88. The van der Waals surface area contributed by atoms with Gasteiger partial charge in [0.25, 0.3) is 0 Å². The number of hydrogen-bond acceptors (Lipinski definition) is 3. The molecule has 2 amide bonds. The number of likely N-dealkylation sites (tertiary alicyclic amines) is 2. The van der Waals surface area contributed by atoms with Gasteiger partial charge in [0.15, 0.2) is 0 Å². The molecule has 0 radical (unpaired) electrons. The number of carbonyl (C=O) groups excluding carboxylic acids is 1. The van der Waals surface area contributed by atoms with Crippen LogP contribution >= 0.6 is 0 Å². The summed E-state index contributed by atoms with van der Waals surface area (Å²) < 4.78 is 0. The quantitative estimate of drug-likeness (QED) is 0.821. The Bertz CT molecular complexity index is 390. The van der Waals surface area contributed by atoms with E-state index < -0.39 is 11.4 Å². The highest BCUT2D eigenvalue weighted by molar-refractivity contribution is 5.77. The molecule has 2 N–H and O–H groups in total. The molecule has 6 heteroatoms. The summed E-state index contributed by atoms with van der Waals surface area (Å²) in [7, 11) is 1.94. The second-order valence-corrected chi connectivity index (χ2v) is 6.65. The lowest BCUT2D eigenvalue weighted by Gasteiger charge is -2.41. The van der Waals surface area contributed by atoms with Crippen molar-refractivity contribution in [1.82, 2.24) is 15.1 Å². The molecular weight excluding hydrogens is 270 g/mol. The van der Waals surface area contributed by atoms with Gasteiger partial charge in [0, 0.05) is 26.2 Å². The molecule has 2 aliphatic heterocycles. The molecule has 1 unspecified atom stereocenters. The number of piperidine rings is 2. The minimum atomic E-state index is -0.748. The summed E-state index contributed by atoms with van der Waals surface area (Å²) in [5.74, 6) is -0.219. The number of carbonyl (C=O) groups is 2. The van der Waals surface area contributed by atoms with Gasteiger partial charge in [0.05, 0.1) is 5.41 Å². The third-order valence-electron chi connectivity index (χ3n) is 4.94. The van der Waals surface area contributed by atoms with Crippen LogP contribution in [0.2, 0.25) is 0 Å². The normalized spacial score (nSPS) is 25.7. The van der Waals surface area contributed by atoms with E-state index in [1.165, 1.54) is 6.42 Å². The van der Waals surface area contributed by atoms with E-state index in [4.69, 9.17) is 0 Å². The lowest BCUT2D eigenvalue weighted by atomic mass is 9.80. The number of carboxylic acids is 1. The van der Waals surface area contributed by atoms with Gasteiger partial charge in [0.1, 0.15) is 0 Å². The summed E-state index contributed by atoms with van der Waals surface area (Å²) in [6.07, 6.45) is 3.31. The van der Waals surface area contributed by atoms with Crippen molar-refractivity contribution in [2.45, 2.75) is 32.6 Å². The molecule has 2 fully saturated rings. The van der Waals surface area contributed by atoms with Crippen molar-refractivity contribution in [2.75, 3.05) is 39.8 Å². The number of carboxylic acid groups (broad SMARTS) is 1. The first kappa shape index (κ1) is 16.1. The number of nitrogens with zero attached hydrogens (tertiary/aromatic N) is 2. The van der Waals surface area contributed by atoms with E-state index in [9.17, 15) is 14.7 Å². The molecule has 0 aromatic carbocycles. The minimum Gasteiger partial charge on any atom is -0.481 e. The van der Waals surface area contributed by atoms with Crippen LogP contribution in [0.4, 0.5) is 4.79 Å². The smallest absolute Gasteiger partial charge is 0.320 e. The number of hydrogen-bond donors (Lipinski definition) is 2. The molecule has 1 atom stereocenters. The first-order chi connectivity index (χ1) is 9.96. The Kier molecular flexibility index (Phi) is 5.08. The van der Waals surface area contributed by atoms with Crippen molar-refractivity contribution in [3.63, 3.8) is 0 Å². The number of amides is 2. The summed E-state index contributed by atoms with van der Waals surface area (Å²) in [5.41, 5.74) is -0.673. The van der Waals surface area contributed by atoms with Crippen molar-refractivity contribution in [3.8, 4) is 0 Å². The molecule has 120 valence electrons. The van der Waals surface area contributed by atoms with Crippen molar-refractivity contribution >= 4 is 12.0 Å². The van der Waals surface area contributed by atoms with Gasteiger partial charge in [-0.3, -0.25) is 4.79 Å². The largest absolute Gasteiger partial charge is 0.481 e. The minimum absolute atomic E-state index is 0.0863. The van der Waals surface area contributed by atoms with Crippen LogP contribution in [0, 0.1) is 11.3 Å². The van der Waals surface area contributed by atoms with Crippen LogP contribution in [0.15, 0.2) is 0 Å². The Morgan fingerprint density at radius 2 is 1.90 bits per heavy atom. The highest BCUT2D eigenvalue weighted by atomic mass is 16.4. The molecule has 2 rings (SSSR count). The summed E-state index contributed by atoms with van der Waals surface area (Å²) in [6.45, 7) is 5.46. The fraction of sp³-hybridized carbons (Fsp3) is 0.867. The summed E-state index contributed by atoms with van der Waals surface area (Å²) in [6, 6.07) is 0.0863. The van der Waals surface area contributed by atoms with E-state index in [-0.39, 0.29) is 6.03 Å². The lowest BCUT2D eigenvalue weighted by molar-refractivity contribution is -0.150. The third kappa shape index (κ3) is 3.67. The molecule has 21 heavy (non-hydrogen) atoms. The first-order valence-corrected chi connectivity index (χ1v) is 7.88. The van der Waals surface area contributed by atoms with Crippen molar-refractivity contribution < 1.29 is 14.7 Å². The van der Waals surface area contributed by atoms with Gasteiger partial charge in [0.2, 0.25) is 0 Å². The Labute approximate surface area is 126 Å². The SMILES string of the molecule is CNCC1CCCN(C(=O)N2CCC(C)(C(=O)O)CC2)C1. The highest BCUT2D eigenvalue weighted by Crippen LogP contribution is 2.31. The standard InChI is InChI=1S/C15H27N3O3/c1-15(13(19)20)5-8-17(9-6-15)14(21)18-7-3-4-12(11-18)10-16-2/h12,16H,3-11H2,1-2H3,(H,19,20). The molecule has 2 aliphatic rings. The Balaban J connectivity index is 1.88. The topological polar surface area (TPSA) is 72.9 Å². The van der Waals surface area contributed by atoms with Crippen LogP contribution in [0.1, 0.15) is 32.6 Å². The maximum atomic E-state index is 12.6. The highest BCUT2D eigenvalue weighted by Gasteiger charge is 2.39. The maximum Gasteiger partial charge on any atom is 0.320 e. The van der Waals surface area contributed by atoms with Crippen LogP contribution < -0.4 is 5.32 Å². The molecule has 0 bridgehead atoms. The number of urea groups is 1. The van der Waals surface area contributed by atoms with E-state index in [2.05, 4.69) is 5.32 Å². The second-order valence-electron chi connectivity index (χ2n) is 6.65. The van der Waals surface area contributed by atoms with Gasteiger partial charge >= 0.3 is 12.0 Å². The van der Waals surface area contributed by atoms with Gasteiger partial charge in [-0.05, 0) is 52.1 Å². The van der Waals surface area contributed by atoms with Crippen LogP contribution in [0.5, 0.6) is 0 Å². The van der Waals surface area contributed by atoms with E-state index in [1.807, 2.05) is 16.8 Å². The zero-order chi connectivity index (χ0) is 15.5. The van der Waals surface area contributed by atoms with Gasteiger partial charge in [-0.25, -0.2) is 4.79 Å². The molecule has 0 aromatic rings. The predicted octanol–water partition coefficient (Wildman–Crippen LogP) is 1.22. The van der Waals surface area contributed by atoms with Gasteiger partial charge < -0.3 is 20.2 Å². The number of aliphatic carboxylic acids is 1. The number of nitrogens with one attached hydrogen (secondary N) is 1. The van der Waals surface area contributed by atoms with Gasteiger partial charge in [-0.2, -0.15) is 0 Å². The Hall–Kier alpha value is -1.30.